The van der Waals surface area contributed by atoms with Gasteiger partial charge in [-0.3, -0.25) is 14.6 Å². The minimum Gasteiger partial charge on any atom is -0.315 e. The van der Waals surface area contributed by atoms with E-state index < -0.39 is 11.1 Å². The van der Waals surface area contributed by atoms with Crippen molar-refractivity contribution in [2.45, 2.75) is 6.54 Å². The van der Waals surface area contributed by atoms with E-state index in [9.17, 15) is 9.59 Å². The van der Waals surface area contributed by atoms with Crippen molar-refractivity contribution in [1.29, 1.82) is 0 Å². The number of H-pyrrole nitrogens is 2. The van der Waals surface area contributed by atoms with Gasteiger partial charge in [-0.25, -0.2) is 0 Å². The van der Waals surface area contributed by atoms with Crippen molar-refractivity contribution in [3.05, 3.63) is 92.1 Å². The van der Waals surface area contributed by atoms with Gasteiger partial charge in [0.15, 0.2) is 0 Å². The van der Waals surface area contributed by atoms with Crippen LogP contribution in [0.5, 0.6) is 0 Å². The smallest absolute Gasteiger partial charge is 0.314 e. The highest BCUT2D eigenvalue weighted by atomic mass is 16.2. The van der Waals surface area contributed by atoms with Crippen LogP contribution in [0.15, 0.2) is 69.2 Å². The molecule has 2 aromatic carbocycles. The Morgan fingerprint density at radius 2 is 1.35 bits per heavy atom. The fourth-order valence-corrected chi connectivity index (χ4v) is 2.81. The maximum atomic E-state index is 11.7. The van der Waals surface area contributed by atoms with Gasteiger partial charge in [-0.05, 0) is 5.56 Å². The Kier molecular flexibility index (Phi) is 3.05. The Morgan fingerprint density at radius 1 is 0.739 bits per heavy atom. The van der Waals surface area contributed by atoms with E-state index in [2.05, 4.69) is 15.0 Å². The van der Waals surface area contributed by atoms with Gasteiger partial charge in [0.05, 0.1) is 23.6 Å². The van der Waals surface area contributed by atoms with Crippen LogP contribution in [0, 0.1) is 0 Å². The molecule has 1 heterocycles. The number of fused-ring (bicyclic) bond motifs is 3. The number of rotatable bonds is 2. The van der Waals surface area contributed by atoms with E-state index in [0.717, 1.165) is 16.7 Å². The van der Waals surface area contributed by atoms with Crippen molar-refractivity contribution in [1.82, 2.24) is 9.97 Å². The lowest BCUT2D eigenvalue weighted by molar-refractivity contribution is 1.05. The highest BCUT2D eigenvalue weighted by molar-refractivity contribution is 6.22. The second kappa shape index (κ2) is 5.21. The van der Waals surface area contributed by atoms with Gasteiger partial charge in [0, 0.05) is 11.1 Å². The van der Waals surface area contributed by atoms with Crippen LogP contribution < -0.4 is 11.1 Å². The SMILES string of the molecule is O=c1[nH]c2c([nH]c1=O)-c1ccccc1C2=NCc1ccccc1. The normalized spacial score (nSPS) is 13.8. The summed E-state index contributed by atoms with van der Waals surface area (Å²) < 4.78 is 0. The molecule has 1 aromatic heterocycles. The molecule has 0 amide bonds. The molecule has 5 heteroatoms. The molecule has 1 aliphatic carbocycles. The molecule has 4 rings (SSSR count). The molecule has 0 saturated heterocycles. The van der Waals surface area contributed by atoms with Gasteiger partial charge in [-0.15, -0.1) is 0 Å². The fraction of sp³-hybridized carbons (Fsp3) is 0.0556. The zero-order valence-corrected chi connectivity index (χ0v) is 12.2. The molecule has 0 aliphatic heterocycles. The third kappa shape index (κ3) is 2.23. The number of aromatic nitrogens is 2. The van der Waals surface area contributed by atoms with Crippen LogP contribution in [-0.2, 0) is 6.54 Å². The largest absolute Gasteiger partial charge is 0.315 e. The Bertz CT molecular complexity index is 1030. The average molecular weight is 303 g/mol. The number of nitrogens with one attached hydrogen (secondary N) is 2. The molecule has 0 unspecified atom stereocenters. The van der Waals surface area contributed by atoms with Crippen molar-refractivity contribution < 1.29 is 0 Å². The summed E-state index contributed by atoms with van der Waals surface area (Å²) >= 11 is 0. The molecule has 0 fully saturated rings. The van der Waals surface area contributed by atoms with Gasteiger partial charge in [0.2, 0.25) is 0 Å². The first-order chi connectivity index (χ1) is 11.2. The van der Waals surface area contributed by atoms with Crippen LogP contribution in [0.2, 0.25) is 0 Å². The Hall–Kier alpha value is -3.21. The van der Waals surface area contributed by atoms with E-state index in [1.165, 1.54) is 0 Å². The molecule has 0 atom stereocenters. The molecular weight excluding hydrogens is 290 g/mol. The lowest BCUT2D eigenvalue weighted by Gasteiger charge is -2.02. The lowest BCUT2D eigenvalue weighted by Crippen LogP contribution is -2.31. The minimum atomic E-state index is -0.663. The van der Waals surface area contributed by atoms with Crippen LogP contribution >= 0.6 is 0 Å². The second-order valence-corrected chi connectivity index (χ2v) is 5.35. The molecule has 2 N–H and O–H groups in total. The van der Waals surface area contributed by atoms with Crippen molar-refractivity contribution >= 4 is 5.71 Å². The molecular formula is C18H13N3O2. The number of hydrogen-bond acceptors (Lipinski definition) is 3. The molecule has 23 heavy (non-hydrogen) atoms. The fourth-order valence-electron chi connectivity index (χ4n) is 2.81. The predicted octanol–water partition coefficient (Wildman–Crippen LogP) is 2.08. The first-order valence-corrected chi connectivity index (χ1v) is 7.29. The number of hydrogen-bond donors (Lipinski definition) is 2. The van der Waals surface area contributed by atoms with Gasteiger partial charge >= 0.3 is 11.1 Å². The van der Waals surface area contributed by atoms with Crippen LogP contribution in [-0.4, -0.2) is 15.7 Å². The molecule has 0 radical (unpaired) electrons. The summed E-state index contributed by atoms with van der Waals surface area (Å²) in [5.41, 5.74) is 3.46. The highest BCUT2D eigenvalue weighted by Gasteiger charge is 2.26. The zero-order chi connectivity index (χ0) is 15.8. The standard InChI is InChI=1S/C18H13N3O2/c22-17-18(23)21-16-14(19-10-11-6-2-1-3-7-11)12-8-4-5-9-13(12)15(16)20-17/h1-9H,10H2,(H,20,22)(H,21,23). The van der Waals surface area contributed by atoms with Gasteiger partial charge < -0.3 is 9.97 Å². The van der Waals surface area contributed by atoms with Crippen molar-refractivity contribution in [3.8, 4) is 11.3 Å². The monoisotopic (exact) mass is 303 g/mol. The van der Waals surface area contributed by atoms with Crippen LogP contribution in [0.1, 0.15) is 16.8 Å². The summed E-state index contributed by atoms with van der Waals surface area (Å²) in [6, 6.07) is 17.5. The van der Waals surface area contributed by atoms with Crippen LogP contribution in [0.4, 0.5) is 0 Å². The van der Waals surface area contributed by atoms with E-state index in [1.54, 1.807) is 0 Å². The van der Waals surface area contributed by atoms with E-state index in [0.29, 0.717) is 23.6 Å². The molecule has 1 aliphatic rings. The summed E-state index contributed by atoms with van der Waals surface area (Å²) in [6.07, 6.45) is 0. The summed E-state index contributed by atoms with van der Waals surface area (Å²) in [4.78, 5) is 33.3. The Balaban J connectivity index is 1.89. The number of aliphatic imine (C=N–C) groups is 1. The third-order valence-electron chi connectivity index (χ3n) is 3.88. The van der Waals surface area contributed by atoms with Gasteiger partial charge in [-0.1, -0.05) is 54.6 Å². The summed E-state index contributed by atoms with van der Waals surface area (Å²) in [5.74, 6) is 0. The van der Waals surface area contributed by atoms with Crippen LogP contribution in [0.25, 0.3) is 11.3 Å². The maximum Gasteiger partial charge on any atom is 0.314 e. The first-order valence-electron chi connectivity index (χ1n) is 7.29. The zero-order valence-electron chi connectivity index (χ0n) is 12.2. The minimum absolute atomic E-state index is 0.505. The summed E-state index contributed by atoms with van der Waals surface area (Å²) in [6.45, 7) is 0.505. The third-order valence-corrected chi connectivity index (χ3v) is 3.88. The Labute approximate surface area is 131 Å². The topological polar surface area (TPSA) is 78.1 Å². The van der Waals surface area contributed by atoms with E-state index in [4.69, 9.17) is 0 Å². The number of nitrogens with zero attached hydrogens (tertiary/aromatic N) is 1. The van der Waals surface area contributed by atoms with E-state index in [-0.39, 0.29) is 0 Å². The van der Waals surface area contributed by atoms with Crippen molar-refractivity contribution in [3.63, 3.8) is 0 Å². The molecule has 0 spiro atoms. The molecule has 5 nitrogen and oxygen atoms in total. The first kappa shape index (κ1) is 13.5. The molecule has 0 saturated carbocycles. The molecule has 0 bridgehead atoms. The highest BCUT2D eigenvalue weighted by Crippen LogP contribution is 2.33. The number of aromatic amines is 2. The van der Waals surface area contributed by atoms with Gasteiger partial charge in [0.25, 0.3) is 0 Å². The van der Waals surface area contributed by atoms with Crippen LogP contribution in [0.3, 0.4) is 0 Å². The summed E-state index contributed by atoms with van der Waals surface area (Å²) in [7, 11) is 0. The van der Waals surface area contributed by atoms with E-state index >= 15 is 0 Å². The molecule has 3 aromatic rings. The average Bonchev–Trinajstić information content (AvgIpc) is 2.88. The summed E-state index contributed by atoms with van der Waals surface area (Å²) in [5, 5.41) is 0. The van der Waals surface area contributed by atoms with E-state index in [1.807, 2.05) is 54.6 Å². The van der Waals surface area contributed by atoms with Crippen molar-refractivity contribution in [2.24, 2.45) is 4.99 Å². The Morgan fingerprint density at radius 3 is 2.09 bits per heavy atom. The predicted molar refractivity (Wildman–Crippen MR) is 88.9 cm³/mol. The van der Waals surface area contributed by atoms with Gasteiger partial charge in [-0.2, -0.15) is 0 Å². The maximum absolute atomic E-state index is 11.7. The van der Waals surface area contributed by atoms with Crippen molar-refractivity contribution in [2.75, 3.05) is 0 Å². The second-order valence-electron chi connectivity index (χ2n) is 5.35. The number of benzene rings is 2. The lowest BCUT2D eigenvalue weighted by atomic mass is 10.1. The molecule has 112 valence electrons. The van der Waals surface area contributed by atoms with Gasteiger partial charge in [0.1, 0.15) is 0 Å². The quantitative estimate of drug-likeness (QED) is 0.556.